The van der Waals surface area contributed by atoms with E-state index < -0.39 is 10.0 Å². The molecule has 1 atom stereocenters. The van der Waals surface area contributed by atoms with Gasteiger partial charge in [-0.15, -0.1) is 4.40 Å². The maximum atomic E-state index is 11.8. The monoisotopic (exact) mass is 344 g/mol. The lowest BCUT2D eigenvalue weighted by Gasteiger charge is -2.26. The van der Waals surface area contributed by atoms with Gasteiger partial charge in [0.05, 0.1) is 5.69 Å². The summed E-state index contributed by atoms with van der Waals surface area (Å²) in [5, 5.41) is 0.993. The first-order chi connectivity index (χ1) is 9.04. The number of fused-ring (bicyclic) bond motifs is 1. The van der Waals surface area contributed by atoms with Gasteiger partial charge < -0.3 is 4.90 Å². The summed E-state index contributed by atoms with van der Waals surface area (Å²) in [7, 11) is -3.50. The number of rotatable bonds is 5. The van der Waals surface area contributed by atoms with E-state index in [2.05, 4.69) is 27.3 Å². The van der Waals surface area contributed by atoms with E-state index >= 15 is 0 Å². The molecule has 0 radical (unpaired) electrons. The third-order valence-corrected chi connectivity index (χ3v) is 4.97. The molecule has 1 aliphatic rings. The van der Waals surface area contributed by atoms with Crippen molar-refractivity contribution in [3.63, 3.8) is 0 Å². The van der Waals surface area contributed by atoms with Crippen molar-refractivity contribution in [1.82, 2.24) is 0 Å². The predicted molar refractivity (Wildman–Crippen MR) is 81.7 cm³/mol. The summed E-state index contributed by atoms with van der Waals surface area (Å²) >= 11 is 3.44. The van der Waals surface area contributed by atoms with E-state index in [1.165, 1.54) is 6.34 Å². The summed E-state index contributed by atoms with van der Waals surface area (Å²) in [6.07, 6.45) is 3.55. The summed E-state index contributed by atoms with van der Waals surface area (Å²) in [6.45, 7) is 2.98. The van der Waals surface area contributed by atoms with Gasteiger partial charge in [0.1, 0.15) is 11.2 Å². The van der Waals surface area contributed by atoms with Crippen LogP contribution < -0.4 is 4.90 Å². The topological polar surface area (TPSA) is 49.7 Å². The number of alkyl halides is 1. The highest BCUT2D eigenvalue weighted by atomic mass is 79.9. The van der Waals surface area contributed by atoms with Crippen molar-refractivity contribution in [3.05, 3.63) is 24.3 Å². The fourth-order valence-electron chi connectivity index (χ4n) is 2.02. The molecular formula is C13H17BrN2O2S. The molecule has 0 fully saturated rings. The molecule has 1 aliphatic heterocycles. The summed E-state index contributed by atoms with van der Waals surface area (Å²) in [6, 6.07) is 7.01. The average molecular weight is 345 g/mol. The van der Waals surface area contributed by atoms with Gasteiger partial charge in [-0.3, -0.25) is 0 Å². The Labute approximate surface area is 122 Å². The molecule has 0 N–H and O–H groups in total. The zero-order chi connectivity index (χ0) is 13.9. The third-order valence-electron chi connectivity index (χ3n) is 3.24. The normalized spacial score (nSPS) is 18.1. The molecule has 0 saturated carbocycles. The van der Waals surface area contributed by atoms with Crippen molar-refractivity contribution in [3.8, 4) is 0 Å². The van der Waals surface area contributed by atoms with Crippen LogP contribution in [0.3, 0.4) is 0 Å². The Bertz CT molecular complexity index is 572. The van der Waals surface area contributed by atoms with Crippen LogP contribution in [0, 0.1) is 5.92 Å². The second-order valence-corrected chi connectivity index (χ2v) is 7.12. The zero-order valence-corrected chi connectivity index (χ0v) is 13.2. The van der Waals surface area contributed by atoms with Gasteiger partial charge in [-0.1, -0.05) is 35.0 Å². The first-order valence-electron chi connectivity index (χ1n) is 6.26. The van der Waals surface area contributed by atoms with Gasteiger partial charge in [0.25, 0.3) is 10.0 Å². The molecule has 0 aromatic heterocycles. The Morgan fingerprint density at radius 3 is 2.79 bits per heavy atom. The highest BCUT2D eigenvalue weighted by Crippen LogP contribution is 2.29. The van der Waals surface area contributed by atoms with Crippen molar-refractivity contribution in [2.24, 2.45) is 10.3 Å². The Kier molecular flexibility index (Phi) is 4.62. The Balaban J connectivity index is 2.16. The largest absolute Gasteiger partial charge is 0.331 e. The van der Waals surface area contributed by atoms with Crippen LogP contribution in [0.5, 0.6) is 0 Å². The van der Waals surface area contributed by atoms with E-state index in [4.69, 9.17) is 0 Å². The van der Waals surface area contributed by atoms with Gasteiger partial charge >= 0.3 is 0 Å². The predicted octanol–water partition coefficient (Wildman–Crippen LogP) is 3.03. The smallest absolute Gasteiger partial charge is 0.285 e. The number of hydrogen-bond acceptors (Lipinski definition) is 3. The van der Waals surface area contributed by atoms with Crippen molar-refractivity contribution in [1.29, 1.82) is 0 Å². The minimum absolute atomic E-state index is 0.297. The second kappa shape index (κ2) is 6.05. The Hall–Kier alpha value is -0.880. The standard InChI is InChI=1S/C13H17BrN2O2S/c1-11(6-8-14)7-9-16-10-15-19(17,18)13-5-3-2-4-12(13)16/h2-5,10-11H,6-9H2,1H3. The quantitative estimate of drug-likeness (QED) is 0.771. The van der Waals surface area contributed by atoms with Crippen molar-refractivity contribution in [2.75, 3.05) is 16.8 Å². The highest BCUT2D eigenvalue weighted by molar-refractivity contribution is 9.09. The zero-order valence-electron chi connectivity index (χ0n) is 10.8. The molecule has 1 unspecified atom stereocenters. The minimum Gasteiger partial charge on any atom is -0.331 e. The molecule has 1 heterocycles. The molecule has 1 aromatic carbocycles. The van der Waals surface area contributed by atoms with Crippen LogP contribution in [-0.2, 0) is 10.0 Å². The molecule has 104 valence electrons. The molecule has 6 heteroatoms. The van der Waals surface area contributed by atoms with Crippen molar-refractivity contribution >= 4 is 38.0 Å². The molecule has 0 aliphatic carbocycles. The first kappa shape index (κ1) is 14.5. The molecular weight excluding hydrogens is 328 g/mol. The van der Waals surface area contributed by atoms with E-state index in [1.807, 2.05) is 17.0 Å². The summed E-state index contributed by atoms with van der Waals surface area (Å²) < 4.78 is 27.3. The number of hydrogen-bond donors (Lipinski definition) is 0. The van der Waals surface area contributed by atoms with Gasteiger partial charge in [-0.05, 0) is 30.9 Å². The van der Waals surface area contributed by atoms with E-state index in [1.54, 1.807) is 12.1 Å². The fraction of sp³-hybridized carbons (Fsp3) is 0.462. The highest BCUT2D eigenvalue weighted by Gasteiger charge is 2.24. The van der Waals surface area contributed by atoms with Crippen LogP contribution >= 0.6 is 15.9 Å². The fourth-order valence-corrected chi connectivity index (χ4v) is 3.85. The first-order valence-corrected chi connectivity index (χ1v) is 8.83. The summed E-state index contributed by atoms with van der Waals surface area (Å²) in [4.78, 5) is 2.21. The lowest BCUT2D eigenvalue weighted by molar-refractivity contribution is 0.528. The van der Waals surface area contributed by atoms with Crippen molar-refractivity contribution < 1.29 is 8.42 Å². The van der Waals surface area contributed by atoms with Gasteiger partial charge in [0, 0.05) is 11.9 Å². The van der Waals surface area contributed by atoms with Crippen LogP contribution in [0.1, 0.15) is 19.8 Å². The van der Waals surface area contributed by atoms with Gasteiger partial charge in [0.2, 0.25) is 0 Å². The maximum Gasteiger partial charge on any atom is 0.285 e. The van der Waals surface area contributed by atoms with E-state index in [0.29, 0.717) is 10.8 Å². The molecule has 19 heavy (non-hydrogen) atoms. The van der Waals surface area contributed by atoms with Crippen LogP contribution in [-0.4, -0.2) is 26.6 Å². The molecule has 0 bridgehead atoms. The number of para-hydroxylation sites is 1. The lowest BCUT2D eigenvalue weighted by atomic mass is 10.1. The summed E-state index contributed by atoms with van der Waals surface area (Å²) in [5.41, 5.74) is 0.726. The van der Waals surface area contributed by atoms with Gasteiger partial charge in [0.15, 0.2) is 0 Å². The molecule has 1 aromatic rings. The summed E-state index contributed by atoms with van der Waals surface area (Å²) in [5.74, 6) is 0.596. The van der Waals surface area contributed by atoms with Crippen LogP contribution in [0.4, 0.5) is 5.69 Å². The minimum atomic E-state index is -3.50. The molecule has 4 nitrogen and oxygen atoms in total. The molecule has 0 saturated heterocycles. The Morgan fingerprint density at radius 1 is 1.32 bits per heavy atom. The average Bonchev–Trinajstić information content (AvgIpc) is 2.38. The molecule has 2 rings (SSSR count). The number of halogens is 1. The van der Waals surface area contributed by atoms with Crippen LogP contribution in [0.15, 0.2) is 33.6 Å². The third kappa shape index (κ3) is 3.36. The van der Waals surface area contributed by atoms with E-state index in [9.17, 15) is 8.42 Å². The van der Waals surface area contributed by atoms with Gasteiger partial charge in [-0.2, -0.15) is 8.42 Å². The lowest BCUT2D eigenvalue weighted by Crippen LogP contribution is -2.29. The number of anilines is 1. The van der Waals surface area contributed by atoms with Crippen LogP contribution in [0.25, 0.3) is 0 Å². The number of nitrogens with zero attached hydrogens (tertiary/aromatic N) is 2. The Morgan fingerprint density at radius 2 is 2.05 bits per heavy atom. The SMILES string of the molecule is CC(CCBr)CCN1C=NS(=O)(=O)c2ccccc21. The maximum absolute atomic E-state index is 11.8. The van der Waals surface area contributed by atoms with Gasteiger partial charge in [-0.25, -0.2) is 0 Å². The van der Waals surface area contributed by atoms with Crippen molar-refractivity contribution in [2.45, 2.75) is 24.7 Å². The second-order valence-electron chi connectivity index (χ2n) is 4.73. The van der Waals surface area contributed by atoms with E-state index in [0.717, 1.165) is 30.4 Å². The number of sulfonamides is 1. The number of benzene rings is 1. The van der Waals surface area contributed by atoms with E-state index in [-0.39, 0.29) is 0 Å². The molecule has 0 spiro atoms. The molecule has 0 amide bonds. The van der Waals surface area contributed by atoms with Crippen LogP contribution in [0.2, 0.25) is 0 Å².